The van der Waals surface area contributed by atoms with Gasteiger partial charge in [-0.2, -0.15) is 0 Å². The summed E-state index contributed by atoms with van der Waals surface area (Å²) in [6, 6.07) is 0. The van der Waals surface area contributed by atoms with E-state index in [-0.39, 0.29) is 0 Å². The van der Waals surface area contributed by atoms with Crippen molar-refractivity contribution in [2.24, 2.45) is 0 Å². The molecular weight excluding hydrogens is 302 g/mol. The average Bonchev–Trinajstić information content (AvgIpc) is 2.47. The molecule has 13 heavy (non-hydrogen) atoms. The Balaban J connectivity index is 2.82. The van der Waals surface area contributed by atoms with Gasteiger partial charge in [0.15, 0.2) is 14.6 Å². The third-order valence-electron chi connectivity index (χ3n) is 1.73. The molecular formula is C7H6ClIN4. The number of hydrogen-bond acceptors (Lipinski definition) is 3. The monoisotopic (exact) mass is 308 g/mol. The number of aromatic nitrogens is 4. The van der Waals surface area contributed by atoms with Crippen molar-refractivity contribution in [1.82, 2.24) is 19.5 Å². The van der Waals surface area contributed by atoms with Gasteiger partial charge < -0.3 is 4.57 Å². The van der Waals surface area contributed by atoms with E-state index in [1.165, 1.54) is 0 Å². The minimum atomic E-state index is 0.418. The van der Waals surface area contributed by atoms with Crippen molar-refractivity contribution in [3.05, 3.63) is 15.3 Å². The van der Waals surface area contributed by atoms with Crippen LogP contribution in [0.1, 0.15) is 6.92 Å². The lowest BCUT2D eigenvalue weighted by atomic mass is 10.5. The van der Waals surface area contributed by atoms with Crippen LogP contribution in [0.15, 0.2) is 6.33 Å². The minimum absolute atomic E-state index is 0.418. The van der Waals surface area contributed by atoms with Gasteiger partial charge in [0.1, 0.15) is 5.52 Å². The molecule has 2 aromatic heterocycles. The number of nitrogens with zero attached hydrogens (tertiary/aromatic N) is 4. The van der Waals surface area contributed by atoms with Crippen molar-refractivity contribution in [2.75, 3.05) is 0 Å². The summed E-state index contributed by atoms with van der Waals surface area (Å²) in [5.41, 5.74) is 1.47. The van der Waals surface area contributed by atoms with Crippen LogP contribution in [-0.4, -0.2) is 19.5 Å². The smallest absolute Gasteiger partial charge is 0.194 e. The summed E-state index contributed by atoms with van der Waals surface area (Å²) in [6.07, 6.45) is 1.72. The first kappa shape index (κ1) is 9.14. The lowest BCUT2D eigenvalue weighted by Crippen LogP contribution is -1.96. The molecule has 0 aromatic carbocycles. The second-order valence-electron chi connectivity index (χ2n) is 2.49. The highest BCUT2D eigenvalue weighted by molar-refractivity contribution is 14.1. The van der Waals surface area contributed by atoms with Crippen molar-refractivity contribution in [3.8, 4) is 0 Å². The van der Waals surface area contributed by atoms with Gasteiger partial charge in [0.2, 0.25) is 0 Å². The van der Waals surface area contributed by atoms with E-state index in [9.17, 15) is 0 Å². The van der Waals surface area contributed by atoms with Crippen LogP contribution >= 0.6 is 34.2 Å². The van der Waals surface area contributed by atoms with Crippen LogP contribution in [0.25, 0.3) is 11.2 Å². The predicted octanol–water partition coefficient (Wildman–Crippen LogP) is 2.10. The molecule has 68 valence electrons. The van der Waals surface area contributed by atoms with Gasteiger partial charge in [-0.3, -0.25) is 0 Å². The van der Waals surface area contributed by atoms with Crippen molar-refractivity contribution < 1.29 is 0 Å². The molecule has 0 N–H and O–H groups in total. The topological polar surface area (TPSA) is 43.6 Å². The third-order valence-corrected chi connectivity index (χ3v) is 2.48. The van der Waals surface area contributed by atoms with Crippen LogP contribution in [-0.2, 0) is 6.54 Å². The van der Waals surface area contributed by atoms with Crippen LogP contribution < -0.4 is 0 Å². The lowest BCUT2D eigenvalue weighted by molar-refractivity contribution is 0.776. The fourth-order valence-electron chi connectivity index (χ4n) is 1.12. The summed E-state index contributed by atoms with van der Waals surface area (Å²) in [6.45, 7) is 2.87. The van der Waals surface area contributed by atoms with E-state index < -0.39 is 0 Å². The van der Waals surface area contributed by atoms with Crippen molar-refractivity contribution in [3.63, 3.8) is 0 Å². The molecule has 2 aromatic rings. The molecule has 0 aliphatic heterocycles. The van der Waals surface area contributed by atoms with Crippen LogP contribution in [0.3, 0.4) is 0 Å². The Hall–Kier alpha value is -0.430. The van der Waals surface area contributed by atoms with Gasteiger partial charge >= 0.3 is 0 Å². The Morgan fingerprint density at radius 1 is 1.54 bits per heavy atom. The normalized spacial score (nSPS) is 11.0. The Labute approximate surface area is 93.5 Å². The molecule has 4 nitrogen and oxygen atoms in total. The zero-order chi connectivity index (χ0) is 9.42. The quantitative estimate of drug-likeness (QED) is 0.460. The Morgan fingerprint density at radius 3 is 3.00 bits per heavy atom. The first-order valence-corrected chi connectivity index (χ1v) is 5.22. The van der Waals surface area contributed by atoms with Gasteiger partial charge in [0.05, 0.1) is 6.33 Å². The zero-order valence-electron chi connectivity index (χ0n) is 6.83. The summed E-state index contributed by atoms with van der Waals surface area (Å²) < 4.78 is 2.58. The number of aryl methyl sites for hydroxylation is 1. The van der Waals surface area contributed by atoms with E-state index >= 15 is 0 Å². The second kappa shape index (κ2) is 3.38. The number of halogens is 2. The molecule has 2 rings (SSSR count). The molecule has 2 heterocycles. The maximum atomic E-state index is 5.90. The summed E-state index contributed by atoms with van der Waals surface area (Å²) in [7, 11) is 0. The molecule has 0 saturated carbocycles. The third kappa shape index (κ3) is 1.50. The summed E-state index contributed by atoms with van der Waals surface area (Å²) >= 11 is 7.94. The predicted molar refractivity (Wildman–Crippen MR) is 58.7 cm³/mol. The van der Waals surface area contributed by atoms with E-state index in [1.54, 1.807) is 6.33 Å². The van der Waals surface area contributed by atoms with E-state index in [4.69, 9.17) is 11.6 Å². The van der Waals surface area contributed by atoms with E-state index in [0.717, 1.165) is 12.2 Å². The molecule has 0 saturated heterocycles. The van der Waals surface area contributed by atoms with E-state index in [0.29, 0.717) is 14.5 Å². The highest BCUT2D eigenvalue weighted by atomic mass is 127. The Bertz CT molecular complexity index is 453. The van der Waals surface area contributed by atoms with Crippen molar-refractivity contribution in [1.29, 1.82) is 0 Å². The molecule has 0 spiro atoms. The van der Waals surface area contributed by atoms with Gasteiger partial charge in [0.25, 0.3) is 0 Å². The number of imidazole rings is 1. The summed E-state index contributed by atoms with van der Waals surface area (Å²) in [5, 5.41) is 0.418. The van der Waals surface area contributed by atoms with Crippen LogP contribution in [0.2, 0.25) is 5.15 Å². The molecule has 0 amide bonds. The fraction of sp³-hybridized carbons (Fsp3) is 0.286. The molecule has 0 aliphatic rings. The maximum absolute atomic E-state index is 5.90. The van der Waals surface area contributed by atoms with Gasteiger partial charge in [-0.05, 0) is 6.92 Å². The van der Waals surface area contributed by atoms with Gasteiger partial charge in [-0.1, -0.05) is 11.6 Å². The van der Waals surface area contributed by atoms with Crippen molar-refractivity contribution in [2.45, 2.75) is 13.5 Å². The molecule has 0 radical (unpaired) electrons. The van der Waals surface area contributed by atoms with Gasteiger partial charge in [-0.25, -0.2) is 15.0 Å². The van der Waals surface area contributed by atoms with E-state index in [1.807, 2.05) is 34.1 Å². The minimum Gasteiger partial charge on any atom is -0.315 e. The molecule has 0 fully saturated rings. The molecule has 0 unspecified atom stereocenters. The lowest BCUT2D eigenvalue weighted by Gasteiger charge is -1.98. The average molecular weight is 309 g/mol. The van der Waals surface area contributed by atoms with Crippen LogP contribution in [0.5, 0.6) is 0 Å². The molecule has 0 bridgehead atoms. The van der Waals surface area contributed by atoms with Gasteiger partial charge in [0, 0.05) is 29.1 Å². The highest BCUT2D eigenvalue weighted by Gasteiger charge is 2.08. The number of hydrogen-bond donors (Lipinski definition) is 0. The highest BCUT2D eigenvalue weighted by Crippen LogP contribution is 2.18. The standard InChI is InChI=1S/C7H6ClIN4/c1-2-13-3-10-4-5(8)11-7(9)12-6(4)13/h3H,2H2,1H3. The number of rotatable bonds is 1. The maximum Gasteiger partial charge on any atom is 0.194 e. The first-order valence-electron chi connectivity index (χ1n) is 3.76. The Kier molecular flexibility index (Phi) is 2.37. The summed E-state index contributed by atoms with van der Waals surface area (Å²) in [4.78, 5) is 12.4. The molecule has 0 aliphatic carbocycles. The second-order valence-corrected chi connectivity index (χ2v) is 3.81. The SMILES string of the molecule is CCn1cnc2c(Cl)nc(I)nc21. The van der Waals surface area contributed by atoms with E-state index in [2.05, 4.69) is 15.0 Å². The fourth-order valence-corrected chi connectivity index (χ4v) is 1.94. The Morgan fingerprint density at radius 2 is 2.31 bits per heavy atom. The van der Waals surface area contributed by atoms with Crippen LogP contribution in [0, 0.1) is 3.83 Å². The zero-order valence-corrected chi connectivity index (χ0v) is 9.74. The summed E-state index contributed by atoms with van der Waals surface area (Å²) in [5.74, 6) is 0. The first-order chi connectivity index (χ1) is 6.22. The molecule has 6 heteroatoms. The van der Waals surface area contributed by atoms with Gasteiger partial charge in [-0.15, -0.1) is 0 Å². The van der Waals surface area contributed by atoms with Crippen molar-refractivity contribution >= 4 is 45.4 Å². The number of fused-ring (bicyclic) bond motifs is 1. The van der Waals surface area contributed by atoms with Crippen LogP contribution in [0.4, 0.5) is 0 Å². The molecule has 0 atom stereocenters. The largest absolute Gasteiger partial charge is 0.315 e.